The topological polar surface area (TPSA) is 88.0 Å². The molecule has 126 valence electrons. The van der Waals surface area contributed by atoms with E-state index in [2.05, 4.69) is 4.99 Å². The maximum Gasteiger partial charge on any atom is 0.363 e. The number of benzene rings is 2. The molecule has 0 saturated heterocycles. The summed E-state index contributed by atoms with van der Waals surface area (Å²) >= 11 is 0. The molecule has 0 unspecified atom stereocenters. The molecule has 1 heterocycles. The summed E-state index contributed by atoms with van der Waals surface area (Å²) in [6, 6.07) is 14.1. The highest BCUT2D eigenvalue weighted by molar-refractivity contribution is 6.12. The second-order valence-corrected chi connectivity index (χ2v) is 5.43. The number of cyclic esters (lactones) is 1. The summed E-state index contributed by atoms with van der Waals surface area (Å²) in [6.07, 6.45) is 1.59. The van der Waals surface area contributed by atoms with Gasteiger partial charge in [0.2, 0.25) is 5.90 Å². The molecule has 0 atom stereocenters. The molecule has 0 saturated carbocycles. The monoisotopic (exact) mass is 336 g/mol. The first-order chi connectivity index (χ1) is 12.0. The molecule has 0 bridgehead atoms. The molecule has 1 aliphatic rings. The Bertz CT molecular complexity index is 864. The Morgan fingerprint density at radius 3 is 2.48 bits per heavy atom. The average Bonchev–Trinajstić information content (AvgIpc) is 2.95. The second kappa shape index (κ2) is 7.00. The van der Waals surface area contributed by atoms with E-state index in [0.717, 1.165) is 11.1 Å². The van der Waals surface area contributed by atoms with Crippen LogP contribution in [0.4, 0.5) is 0 Å². The van der Waals surface area contributed by atoms with Crippen LogP contribution in [-0.4, -0.2) is 24.4 Å². The van der Waals surface area contributed by atoms with E-state index in [1.807, 2.05) is 31.2 Å². The normalized spacial score (nSPS) is 15.0. The highest BCUT2D eigenvalue weighted by Gasteiger charge is 2.23. The quantitative estimate of drug-likeness (QED) is 0.609. The van der Waals surface area contributed by atoms with Gasteiger partial charge in [-0.3, -0.25) is 0 Å². The Morgan fingerprint density at radius 1 is 1.16 bits per heavy atom. The number of carbonyl (C=O) groups is 2. The van der Waals surface area contributed by atoms with Crippen LogP contribution in [0, 0.1) is 6.92 Å². The lowest BCUT2D eigenvalue weighted by atomic mass is 10.1. The zero-order valence-corrected chi connectivity index (χ0v) is 13.4. The lowest BCUT2D eigenvalue weighted by Crippen LogP contribution is -2.28. The van der Waals surface area contributed by atoms with Crippen LogP contribution in [0.25, 0.3) is 6.08 Å². The van der Waals surface area contributed by atoms with Crippen LogP contribution in [-0.2, 0) is 14.3 Å². The number of hydrogen-bond donors (Lipinski definition) is 0. The van der Waals surface area contributed by atoms with Crippen molar-refractivity contribution < 1.29 is 24.2 Å². The first kappa shape index (κ1) is 16.4. The minimum atomic E-state index is -1.29. The van der Waals surface area contributed by atoms with Gasteiger partial charge in [-0.15, -0.1) is 0 Å². The first-order valence-electron chi connectivity index (χ1n) is 7.53. The lowest BCUT2D eigenvalue weighted by molar-refractivity contribution is -0.307. The fourth-order valence-corrected chi connectivity index (χ4v) is 2.19. The van der Waals surface area contributed by atoms with Crippen LogP contribution in [0.15, 0.2) is 59.2 Å². The van der Waals surface area contributed by atoms with Crippen LogP contribution >= 0.6 is 0 Å². The summed E-state index contributed by atoms with van der Waals surface area (Å²) in [7, 11) is 0. The maximum atomic E-state index is 12.0. The number of carbonyl (C=O) groups excluding carboxylic acids is 2. The molecule has 6 nitrogen and oxygen atoms in total. The van der Waals surface area contributed by atoms with Gasteiger partial charge in [0, 0.05) is 5.56 Å². The molecule has 3 rings (SSSR count). The number of nitrogens with zero attached hydrogens (tertiary/aromatic N) is 1. The predicted octanol–water partition coefficient (Wildman–Crippen LogP) is 1.47. The summed E-state index contributed by atoms with van der Waals surface area (Å²) in [6.45, 7) is 1.45. The molecule has 2 aromatic rings. The van der Waals surface area contributed by atoms with E-state index in [9.17, 15) is 14.7 Å². The molecule has 0 spiro atoms. The SMILES string of the molecule is Cc1ccc(C2=N/C(=C/c3ccc(OCC(=O)[O-])cc3)C(=O)O2)cc1. The molecular formula is C19H14NO5-. The van der Waals surface area contributed by atoms with Crippen molar-refractivity contribution in [3.05, 3.63) is 70.9 Å². The lowest BCUT2D eigenvalue weighted by Gasteiger charge is -2.06. The van der Waals surface area contributed by atoms with Crippen LogP contribution in [0.2, 0.25) is 0 Å². The highest BCUT2D eigenvalue weighted by Crippen LogP contribution is 2.20. The average molecular weight is 336 g/mol. The fraction of sp³-hybridized carbons (Fsp3) is 0.105. The Hall–Kier alpha value is -3.41. The van der Waals surface area contributed by atoms with Crippen molar-refractivity contribution >= 4 is 23.9 Å². The van der Waals surface area contributed by atoms with E-state index in [-0.39, 0.29) is 11.6 Å². The summed E-state index contributed by atoms with van der Waals surface area (Å²) in [5.74, 6) is -1.15. The van der Waals surface area contributed by atoms with Gasteiger partial charge in [0.05, 0.1) is 5.97 Å². The van der Waals surface area contributed by atoms with Gasteiger partial charge in [0.15, 0.2) is 5.70 Å². The van der Waals surface area contributed by atoms with Crippen LogP contribution in [0.5, 0.6) is 5.75 Å². The van der Waals surface area contributed by atoms with E-state index in [1.165, 1.54) is 0 Å². The number of carboxylic acid groups (broad SMARTS) is 1. The van der Waals surface area contributed by atoms with Crippen molar-refractivity contribution in [3.8, 4) is 5.75 Å². The van der Waals surface area contributed by atoms with E-state index in [4.69, 9.17) is 9.47 Å². The molecule has 0 aliphatic carbocycles. The molecular weight excluding hydrogens is 322 g/mol. The number of rotatable bonds is 5. The first-order valence-corrected chi connectivity index (χ1v) is 7.53. The van der Waals surface area contributed by atoms with Crippen molar-refractivity contribution in [2.75, 3.05) is 6.61 Å². The van der Waals surface area contributed by atoms with Crippen LogP contribution in [0.3, 0.4) is 0 Å². The molecule has 6 heteroatoms. The fourth-order valence-electron chi connectivity index (χ4n) is 2.19. The number of esters is 1. The van der Waals surface area contributed by atoms with Gasteiger partial charge in [0.25, 0.3) is 0 Å². The number of aryl methyl sites for hydroxylation is 1. The van der Waals surface area contributed by atoms with Crippen molar-refractivity contribution in [2.45, 2.75) is 6.92 Å². The van der Waals surface area contributed by atoms with Gasteiger partial charge in [-0.05, 0) is 42.8 Å². The maximum absolute atomic E-state index is 12.0. The summed E-state index contributed by atoms with van der Waals surface area (Å²) in [5.41, 5.74) is 2.74. The number of carboxylic acids is 1. The highest BCUT2D eigenvalue weighted by atomic mass is 16.6. The summed E-state index contributed by atoms with van der Waals surface area (Å²) < 4.78 is 10.2. The van der Waals surface area contributed by atoms with Crippen molar-refractivity contribution in [2.24, 2.45) is 4.99 Å². The van der Waals surface area contributed by atoms with E-state index in [1.54, 1.807) is 30.3 Å². The number of aliphatic imine (C=N–C) groups is 1. The smallest absolute Gasteiger partial charge is 0.363 e. The third-order valence-corrected chi connectivity index (χ3v) is 3.46. The Morgan fingerprint density at radius 2 is 1.84 bits per heavy atom. The van der Waals surface area contributed by atoms with Gasteiger partial charge in [0.1, 0.15) is 12.4 Å². The van der Waals surface area contributed by atoms with Gasteiger partial charge in [-0.25, -0.2) is 9.79 Å². The molecule has 25 heavy (non-hydrogen) atoms. The van der Waals surface area contributed by atoms with E-state index < -0.39 is 18.5 Å². The molecule has 2 aromatic carbocycles. The van der Waals surface area contributed by atoms with Gasteiger partial charge in [-0.1, -0.05) is 29.8 Å². The largest absolute Gasteiger partial charge is 0.546 e. The molecule has 0 radical (unpaired) electrons. The number of hydrogen-bond acceptors (Lipinski definition) is 6. The predicted molar refractivity (Wildman–Crippen MR) is 88.7 cm³/mol. The molecule has 1 aliphatic heterocycles. The van der Waals surface area contributed by atoms with Crippen LogP contribution < -0.4 is 9.84 Å². The van der Waals surface area contributed by atoms with Gasteiger partial charge < -0.3 is 19.4 Å². The van der Waals surface area contributed by atoms with Crippen LogP contribution in [0.1, 0.15) is 16.7 Å². The Labute approximate surface area is 144 Å². The zero-order chi connectivity index (χ0) is 17.8. The second-order valence-electron chi connectivity index (χ2n) is 5.43. The van der Waals surface area contributed by atoms with Crippen molar-refractivity contribution in [1.82, 2.24) is 0 Å². The Kier molecular flexibility index (Phi) is 4.61. The summed E-state index contributed by atoms with van der Waals surface area (Å²) in [4.78, 5) is 26.6. The van der Waals surface area contributed by atoms with Crippen molar-refractivity contribution in [1.29, 1.82) is 0 Å². The third kappa shape index (κ3) is 4.11. The Balaban J connectivity index is 1.77. The number of aliphatic carboxylic acids is 1. The molecule has 0 aromatic heterocycles. The zero-order valence-electron chi connectivity index (χ0n) is 13.4. The van der Waals surface area contributed by atoms with E-state index >= 15 is 0 Å². The third-order valence-electron chi connectivity index (χ3n) is 3.46. The molecule has 0 amide bonds. The van der Waals surface area contributed by atoms with Gasteiger partial charge >= 0.3 is 5.97 Å². The van der Waals surface area contributed by atoms with E-state index in [0.29, 0.717) is 11.3 Å². The minimum Gasteiger partial charge on any atom is -0.546 e. The molecule has 0 N–H and O–H groups in total. The number of ether oxygens (including phenoxy) is 2. The standard InChI is InChI=1S/C19H15NO5/c1-12-2-6-14(7-3-12)18-20-16(19(23)25-18)10-13-4-8-15(9-5-13)24-11-17(21)22/h2-10H,11H2,1H3,(H,21,22)/p-1/b16-10+. The molecule has 0 fully saturated rings. The minimum absolute atomic E-state index is 0.193. The van der Waals surface area contributed by atoms with Crippen molar-refractivity contribution in [3.63, 3.8) is 0 Å². The summed E-state index contributed by atoms with van der Waals surface area (Å²) in [5, 5.41) is 10.4. The van der Waals surface area contributed by atoms with Gasteiger partial charge in [-0.2, -0.15) is 0 Å².